The average molecular weight is 214 g/mol. The Hall–Kier alpha value is -2.03. The number of aryl methyl sites for hydroxylation is 2. The van der Waals surface area contributed by atoms with Gasteiger partial charge < -0.3 is 8.83 Å². The van der Waals surface area contributed by atoms with Crippen LogP contribution in [0.15, 0.2) is 38.1 Å². The lowest BCUT2D eigenvalue weighted by Gasteiger charge is -2.01. The van der Waals surface area contributed by atoms with E-state index in [0.29, 0.717) is 5.58 Å². The van der Waals surface area contributed by atoms with Gasteiger partial charge >= 0.3 is 5.63 Å². The van der Waals surface area contributed by atoms with Crippen molar-refractivity contribution >= 4 is 21.9 Å². The van der Waals surface area contributed by atoms with Crippen molar-refractivity contribution < 1.29 is 8.83 Å². The minimum atomic E-state index is -0.335. The highest BCUT2D eigenvalue weighted by atomic mass is 16.4. The molecule has 80 valence electrons. The number of furan rings is 1. The Bertz CT molecular complexity index is 747. The van der Waals surface area contributed by atoms with Gasteiger partial charge in [-0.05, 0) is 31.5 Å². The summed E-state index contributed by atoms with van der Waals surface area (Å²) in [4.78, 5) is 11.2. The van der Waals surface area contributed by atoms with E-state index in [1.807, 2.05) is 19.9 Å². The Morgan fingerprint density at radius 3 is 2.75 bits per heavy atom. The molecule has 3 heteroatoms. The zero-order chi connectivity index (χ0) is 11.3. The first-order chi connectivity index (χ1) is 7.66. The summed E-state index contributed by atoms with van der Waals surface area (Å²) < 4.78 is 10.7. The molecule has 0 atom stereocenters. The van der Waals surface area contributed by atoms with Gasteiger partial charge in [0.05, 0.1) is 6.26 Å². The van der Waals surface area contributed by atoms with Crippen LogP contribution in [0.2, 0.25) is 0 Å². The smallest absolute Gasteiger partial charge is 0.336 e. The molecule has 0 saturated heterocycles. The van der Waals surface area contributed by atoms with Gasteiger partial charge in [0.15, 0.2) is 0 Å². The van der Waals surface area contributed by atoms with Crippen LogP contribution < -0.4 is 5.63 Å². The minimum absolute atomic E-state index is 0.335. The van der Waals surface area contributed by atoms with Gasteiger partial charge in [-0.25, -0.2) is 4.79 Å². The van der Waals surface area contributed by atoms with Crippen molar-refractivity contribution in [2.24, 2.45) is 0 Å². The van der Waals surface area contributed by atoms with Gasteiger partial charge in [-0.3, -0.25) is 0 Å². The van der Waals surface area contributed by atoms with Crippen molar-refractivity contribution in [2.75, 3.05) is 0 Å². The lowest BCUT2D eigenvalue weighted by Crippen LogP contribution is -1.95. The fraction of sp³-hybridized carbons (Fsp3) is 0.154. The van der Waals surface area contributed by atoms with Crippen LogP contribution in [0, 0.1) is 13.8 Å². The molecule has 0 amide bonds. The van der Waals surface area contributed by atoms with Gasteiger partial charge in [0.1, 0.15) is 11.2 Å². The quantitative estimate of drug-likeness (QED) is 0.540. The summed E-state index contributed by atoms with van der Waals surface area (Å²) in [6, 6.07) is 5.20. The lowest BCUT2D eigenvalue weighted by molar-refractivity contribution is 0.556. The zero-order valence-electron chi connectivity index (χ0n) is 9.03. The van der Waals surface area contributed by atoms with Gasteiger partial charge in [-0.2, -0.15) is 0 Å². The highest BCUT2D eigenvalue weighted by Gasteiger charge is 2.11. The van der Waals surface area contributed by atoms with E-state index >= 15 is 0 Å². The molecule has 3 nitrogen and oxygen atoms in total. The number of hydrogen-bond donors (Lipinski definition) is 0. The van der Waals surface area contributed by atoms with E-state index in [0.717, 1.165) is 27.5 Å². The third kappa shape index (κ3) is 1.11. The van der Waals surface area contributed by atoms with Crippen molar-refractivity contribution in [3.8, 4) is 0 Å². The second kappa shape index (κ2) is 2.98. The highest BCUT2D eigenvalue weighted by Crippen LogP contribution is 2.29. The molecule has 0 aliphatic heterocycles. The van der Waals surface area contributed by atoms with Gasteiger partial charge in [0.2, 0.25) is 0 Å². The van der Waals surface area contributed by atoms with Crippen molar-refractivity contribution in [3.63, 3.8) is 0 Å². The summed E-state index contributed by atoms with van der Waals surface area (Å²) in [6.45, 7) is 3.90. The Kier molecular flexibility index (Phi) is 1.72. The van der Waals surface area contributed by atoms with Gasteiger partial charge in [-0.1, -0.05) is 0 Å². The minimum Gasteiger partial charge on any atom is -0.464 e. The summed E-state index contributed by atoms with van der Waals surface area (Å²) in [5, 5.41) is 1.99. The summed E-state index contributed by atoms with van der Waals surface area (Å²) in [5.41, 5.74) is 3.02. The van der Waals surface area contributed by atoms with Crippen LogP contribution in [0.1, 0.15) is 11.1 Å². The molecule has 0 saturated carbocycles. The van der Waals surface area contributed by atoms with Crippen LogP contribution in [-0.4, -0.2) is 0 Å². The third-order valence-corrected chi connectivity index (χ3v) is 2.87. The van der Waals surface area contributed by atoms with Crippen molar-refractivity contribution in [1.82, 2.24) is 0 Å². The molecule has 0 unspecified atom stereocenters. The monoisotopic (exact) mass is 214 g/mol. The van der Waals surface area contributed by atoms with Gasteiger partial charge in [0.25, 0.3) is 0 Å². The van der Waals surface area contributed by atoms with E-state index in [1.165, 1.54) is 6.07 Å². The lowest BCUT2D eigenvalue weighted by atomic mass is 10.1. The van der Waals surface area contributed by atoms with E-state index in [9.17, 15) is 4.79 Å². The molecule has 0 aliphatic rings. The van der Waals surface area contributed by atoms with E-state index in [1.54, 1.807) is 12.3 Å². The molecule has 0 N–H and O–H groups in total. The van der Waals surface area contributed by atoms with E-state index < -0.39 is 0 Å². The number of hydrogen-bond acceptors (Lipinski definition) is 3. The molecule has 2 heterocycles. The van der Waals surface area contributed by atoms with E-state index in [4.69, 9.17) is 8.83 Å². The zero-order valence-corrected chi connectivity index (χ0v) is 9.03. The largest absolute Gasteiger partial charge is 0.464 e. The van der Waals surface area contributed by atoms with Gasteiger partial charge in [-0.15, -0.1) is 0 Å². The fourth-order valence-electron chi connectivity index (χ4n) is 2.02. The number of rotatable bonds is 0. The highest BCUT2D eigenvalue weighted by molar-refractivity contribution is 5.98. The topological polar surface area (TPSA) is 43.4 Å². The molecule has 16 heavy (non-hydrogen) atoms. The second-order valence-corrected chi connectivity index (χ2v) is 3.97. The summed E-state index contributed by atoms with van der Waals surface area (Å²) in [7, 11) is 0. The first kappa shape index (κ1) is 9.21. The molecule has 0 spiro atoms. The third-order valence-electron chi connectivity index (χ3n) is 2.87. The maximum atomic E-state index is 11.2. The Morgan fingerprint density at radius 2 is 1.94 bits per heavy atom. The molecule has 0 bridgehead atoms. The standard InChI is InChI=1S/C13H10O3/c1-7-6-15-13-8(2)12-9(5-10(7)13)3-4-11(14)16-12/h3-6H,1-2H3. The fourth-order valence-corrected chi connectivity index (χ4v) is 2.02. The molecule has 3 rings (SSSR count). The summed E-state index contributed by atoms with van der Waals surface area (Å²) >= 11 is 0. The normalized spacial score (nSPS) is 11.4. The van der Waals surface area contributed by atoms with Crippen molar-refractivity contribution in [1.29, 1.82) is 0 Å². The summed E-state index contributed by atoms with van der Waals surface area (Å²) in [6.07, 6.45) is 1.72. The van der Waals surface area contributed by atoms with Crippen LogP contribution >= 0.6 is 0 Å². The Morgan fingerprint density at radius 1 is 1.12 bits per heavy atom. The van der Waals surface area contributed by atoms with Crippen LogP contribution in [0.25, 0.3) is 21.9 Å². The molecular formula is C13H10O3. The molecule has 0 radical (unpaired) electrons. The molecule has 0 fully saturated rings. The predicted octanol–water partition coefficient (Wildman–Crippen LogP) is 3.16. The molecule has 3 aromatic rings. The van der Waals surface area contributed by atoms with E-state index in [-0.39, 0.29) is 5.63 Å². The van der Waals surface area contributed by atoms with Crippen molar-refractivity contribution in [2.45, 2.75) is 13.8 Å². The summed E-state index contributed by atoms with van der Waals surface area (Å²) in [5.74, 6) is 0. The average Bonchev–Trinajstić information content (AvgIpc) is 2.63. The van der Waals surface area contributed by atoms with Crippen LogP contribution in [0.3, 0.4) is 0 Å². The molecule has 2 aromatic heterocycles. The number of fused-ring (bicyclic) bond motifs is 2. The first-order valence-electron chi connectivity index (χ1n) is 5.08. The molecule has 0 aliphatic carbocycles. The molecule has 1 aromatic carbocycles. The number of benzene rings is 1. The Balaban J connectivity index is 2.62. The first-order valence-corrected chi connectivity index (χ1v) is 5.08. The Labute approximate surface area is 91.3 Å². The van der Waals surface area contributed by atoms with Crippen LogP contribution in [-0.2, 0) is 0 Å². The van der Waals surface area contributed by atoms with Crippen LogP contribution in [0.4, 0.5) is 0 Å². The SMILES string of the molecule is Cc1coc2c(C)c3oc(=O)ccc3cc12. The van der Waals surface area contributed by atoms with Gasteiger partial charge in [0, 0.05) is 22.4 Å². The maximum absolute atomic E-state index is 11.2. The maximum Gasteiger partial charge on any atom is 0.336 e. The second-order valence-electron chi connectivity index (χ2n) is 3.97. The van der Waals surface area contributed by atoms with E-state index in [2.05, 4.69) is 0 Å². The van der Waals surface area contributed by atoms with Crippen LogP contribution in [0.5, 0.6) is 0 Å². The predicted molar refractivity (Wildman–Crippen MR) is 61.7 cm³/mol. The van der Waals surface area contributed by atoms with Crippen molar-refractivity contribution in [3.05, 3.63) is 46.0 Å². The molecular weight excluding hydrogens is 204 g/mol.